The molecule has 0 bridgehead atoms. The zero-order chi connectivity index (χ0) is 17.0. The first-order chi connectivity index (χ1) is 10.3. The second kappa shape index (κ2) is 11.1. The maximum atomic E-state index is 11.9. The van der Waals surface area contributed by atoms with Crippen molar-refractivity contribution in [3.05, 3.63) is 0 Å². The number of hydrogen-bond acceptors (Lipinski definition) is 5. The van der Waals surface area contributed by atoms with Crippen LogP contribution in [0.4, 0.5) is 0 Å². The molecule has 0 fully saturated rings. The molecule has 7 heteroatoms. The highest BCUT2D eigenvalue weighted by atomic mass is 16.5. The van der Waals surface area contributed by atoms with Crippen LogP contribution in [0.25, 0.3) is 0 Å². The van der Waals surface area contributed by atoms with Gasteiger partial charge in [0.05, 0.1) is 19.3 Å². The Hall–Kier alpha value is -1.47. The molecule has 1 atom stereocenters. The summed E-state index contributed by atoms with van der Waals surface area (Å²) in [5.74, 6) is -0.257. The molecule has 0 rings (SSSR count). The van der Waals surface area contributed by atoms with Crippen LogP contribution in [0.3, 0.4) is 0 Å². The Morgan fingerprint density at radius 1 is 1.23 bits per heavy atom. The lowest BCUT2D eigenvalue weighted by Crippen LogP contribution is -2.38. The zero-order valence-corrected chi connectivity index (χ0v) is 13.8. The Kier molecular flexibility index (Phi) is 10.4. The summed E-state index contributed by atoms with van der Waals surface area (Å²) >= 11 is 0. The van der Waals surface area contributed by atoms with Crippen molar-refractivity contribution in [1.29, 1.82) is 0 Å². The molecule has 0 spiro atoms. The molecule has 0 heterocycles. The SMILES string of the molecule is CCCC(C)(C)C(=O)NCCOCCNC(=O)CC(N)C=O. The van der Waals surface area contributed by atoms with E-state index in [-0.39, 0.29) is 23.7 Å². The number of nitrogens with two attached hydrogens (primary N) is 1. The minimum atomic E-state index is -0.761. The van der Waals surface area contributed by atoms with Crippen molar-refractivity contribution < 1.29 is 19.1 Å². The van der Waals surface area contributed by atoms with Crippen molar-refractivity contribution in [3.63, 3.8) is 0 Å². The van der Waals surface area contributed by atoms with Crippen molar-refractivity contribution in [3.8, 4) is 0 Å². The number of carbonyl (C=O) groups excluding carboxylic acids is 3. The summed E-state index contributed by atoms with van der Waals surface area (Å²) in [4.78, 5) is 33.5. The first kappa shape index (κ1) is 20.5. The minimum Gasteiger partial charge on any atom is -0.378 e. The van der Waals surface area contributed by atoms with Crippen LogP contribution in [0.5, 0.6) is 0 Å². The van der Waals surface area contributed by atoms with Crippen LogP contribution in [0.2, 0.25) is 0 Å². The van der Waals surface area contributed by atoms with Crippen molar-refractivity contribution in [2.45, 2.75) is 46.1 Å². The van der Waals surface area contributed by atoms with Gasteiger partial charge < -0.3 is 25.9 Å². The summed E-state index contributed by atoms with van der Waals surface area (Å²) in [7, 11) is 0. The monoisotopic (exact) mass is 315 g/mol. The second-order valence-corrected chi connectivity index (χ2v) is 5.86. The average molecular weight is 315 g/mol. The van der Waals surface area contributed by atoms with Crippen LogP contribution in [-0.2, 0) is 19.1 Å². The maximum absolute atomic E-state index is 11.9. The molecule has 22 heavy (non-hydrogen) atoms. The third kappa shape index (κ3) is 9.46. The van der Waals surface area contributed by atoms with Crippen LogP contribution >= 0.6 is 0 Å². The van der Waals surface area contributed by atoms with Gasteiger partial charge in [-0.3, -0.25) is 9.59 Å². The van der Waals surface area contributed by atoms with Gasteiger partial charge in [-0.15, -0.1) is 0 Å². The van der Waals surface area contributed by atoms with Crippen molar-refractivity contribution in [2.75, 3.05) is 26.3 Å². The highest BCUT2D eigenvalue weighted by Crippen LogP contribution is 2.21. The Balaban J connectivity index is 3.60. The normalized spacial score (nSPS) is 12.5. The number of rotatable bonds is 12. The molecule has 2 amide bonds. The van der Waals surface area contributed by atoms with E-state index < -0.39 is 6.04 Å². The lowest BCUT2D eigenvalue weighted by Gasteiger charge is -2.22. The molecule has 0 aliphatic rings. The van der Waals surface area contributed by atoms with E-state index in [9.17, 15) is 14.4 Å². The summed E-state index contributed by atoms with van der Waals surface area (Å²) in [5, 5.41) is 5.43. The van der Waals surface area contributed by atoms with E-state index in [1.165, 1.54) is 0 Å². The Labute approximate surface area is 132 Å². The smallest absolute Gasteiger partial charge is 0.225 e. The second-order valence-electron chi connectivity index (χ2n) is 5.86. The minimum absolute atomic E-state index is 0.0218. The molecule has 0 aromatic heterocycles. The zero-order valence-electron chi connectivity index (χ0n) is 13.8. The summed E-state index contributed by atoms with van der Waals surface area (Å²) in [6, 6.07) is -0.761. The number of aldehydes is 1. The van der Waals surface area contributed by atoms with Gasteiger partial charge in [-0.25, -0.2) is 0 Å². The summed E-state index contributed by atoms with van der Waals surface area (Å²) in [6.45, 7) is 7.41. The number of ether oxygens (including phenoxy) is 1. The number of carbonyl (C=O) groups is 3. The molecule has 0 aromatic rings. The summed E-state index contributed by atoms with van der Waals surface area (Å²) < 4.78 is 5.31. The largest absolute Gasteiger partial charge is 0.378 e. The lowest BCUT2D eigenvalue weighted by atomic mass is 9.87. The Bertz CT molecular complexity index is 359. The molecule has 0 aliphatic heterocycles. The molecule has 1 unspecified atom stereocenters. The van der Waals surface area contributed by atoms with Gasteiger partial charge in [0.25, 0.3) is 0 Å². The van der Waals surface area contributed by atoms with Crippen LogP contribution < -0.4 is 16.4 Å². The van der Waals surface area contributed by atoms with E-state index in [2.05, 4.69) is 17.6 Å². The van der Waals surface area contributed by atoms with E-state index in [0.29, 0.717) is 32.6 Å². The fourth-order valence-corrected chi connectivity index (χ4v) is 1.91. The van der Waals surface area contributed by atoms with E-state index in [1.54, 1.807) is 0 Å². The van der Waals surface area contributed by atoms with E-state index >= 15 is 0 Å². The topological polar surface area (TPSA) is 111 Å². The van der Waals surface area contributed by atoms with Gasteiger partial charge in [-0.1, -0.05) is 27.2 Å². The average Bonchev–Trinajstić information content (AvgIpc) is 2.45. The van der Waals surface area contributed by atoms with Crippen LogP contribution in [0.15, 0.2) is 0 Å². The van der Waals surface area contributed by atoms with E-state index in [4.69, 9.17) is 10.5 Å². The molecule has 128 valence electrons. The predicted molar refractivity (Wildman–Crippen MR) is 84.2 cm³/mol. The van der Waals surface area contributed by atoms with Gasteiger partial charge in [0.1, 0.15) is 6.29 Å². The van der Waals surface area contributed by atoms with E-state index in [0.717, 1.165) is 12.8 Å². The Morgan fingerprint density at radius 3 is 2.36 bits per heavy atom. The van der Waals surface area contributed by atoms with Crippen LogP contribution in [0.1, 0.15) is 40.0 Å². The molecular weight excluding hydrogens is 286 g/mol. The highest BCUT2D eigenvalue weighted by Gasteiger charge is 2.25. The standard InChI is InChI=1S/C15H29N3O4/c1-4-5-15(2,3)14(21)18-7-9-22-8-6-17-13(20)10-12(16)11-19/h11-12H,4-10,16H2,1-3H3,(H,17,20)(H,18,21). The lowest BCUT2D eigenvalue weighted by molar-refractivity contribution is -0.129. The first-order valence-corrected chi connectivity index (χ1v) is 7.67. The van der Waals surface area contributed by atoms with Gasteiger partial charge in [-0.05, 0) is 6.42 Å². The fourth-order valence-electron chi connectivity index (χ4n) is 1.91. The van der Waals surface area contributed by atoms with Crippen LogP contribution in [-0.4, -0.2) is 50.4 Å². The quantitative estimate of drug-likeness (QED) is 0.346. The van der Waals surface area contributed by atoms with Crippen molar-refractivity contribution in [1.82, 2.24) is 10.6 Å². The molecule has 4 N–H and O–H groups in total. The van der Waals surface area contributed by atoms with Gasteiger partial charge in [0.2, 0.25) is 11.8 Å². The van der Waals surface area contributed by atoms with Gasteiger partial charge >= 0.3 is 0 Å². The third-order valence-electron chi connectivity index (χ3n) is 3.19. The van der Waals surface area contributed by atoms with Gasteiger partial charge in [-0.2, -0.15) is 0 Å². The first-order valence-electron chi connectivity index (χ1n) is 7.67. The Morgan fingerprint density at radius 2 is 1.82 bits per heavy atom. The number of hydrogen-bond donors (Lipinski definition) is 3. The molecular formula is C15H29N3O4. The maximum Gasteiger partial charge on any atom is 0.225 e. The van der Waals surface area contributed by atoms with Crippen molar-refractivity contribution >= 4 is 18.1 Å². The molecule has 0 saturated heterocycles. The third-order valence-corrected chi connectivity index (χ3v) is 3.19. The van der Waals surface area contributed by atoms with E-state index in [1.807, 2.05) is 13.8 Å². The summed E-state index contributed by atoms with van der Waals surface area (Å²) in [5.41, 5.74) is 4.97. The van der Waals surface area contributed by atoms with Crippen molar-refractivity contribution in [2.24, 2.45) is 11.1 Å². The molecule has 0 aromatic carbocycles. The van der Waals surface area contributed by atoms with Crippen LogP contribution in [0, 0.1) is 5.41 Å². The highest BCUT2D eigenvalue weighted by molar-refractivity contribution is 5.81. The van der Waals surface area contributed by atoms with Gasteiger partial charge in [0, 0.05) is 24.9 Å². The van der Waals surface area contributed by atoms with Gasteiger partial charge in [0.15, 0.2) is 0 Å². The molecule has 0 radical (unpaired) electrons. The number of nitrogens with one attached hydrogen (secondary N) is 2. The molecule has 7 nitrogen and oxygen atoms in total. The molecule has 0 saturated carbocycles. The number of amides is 2. The predicted octanol–water partition coefficient (Wildman–Crippen LogP) is -0.0220. The summed E-state index contributed by atoms with van der Waals surface area (Å²) in [6.07, 6.45) is 2.32. The molecule has 0 aliphatic carbocycles. The fraction of sp³-hybridized carbons (Fsp3) is 0.800.